The number of nitrogens with zero attached hydrogens (tertiary/aromatic N) is 5. The van der Waals surface area contributed by atoms with Crippen molar-refractivity contribution in [2.45, 2.75) is 38.3 Å². The standard InChI is InChI=1S/C17H27F2N5O/c1-11-15(12(2)22(5)20-11)16(25)23-8-14(9-23)24-10-17(18,19)6-13(24)7-21(3)4/h13-14H,6-10H2,1-5H3/t13-/m0/s1. The summed E-state index contributed by atoms with van der Waals surface area (Å²) in [7, 11) is 5.62. The molecule has 2 saturated heterocycles. The summed E-state index contributed by atoms with van der Waals surface area (Å²) >= 11 is 0. The predicted molar refractivity (Wildman–Crippen MR) is 91.0 cm³/mol. The lowest BCUT2D eigenvalue weighted by molar-refractivity contribution is -0.0115. The molecule has 2 aliphatic heterocycles. The van der Waals surface area contributed by atoms with Crippen molar-refractivity contribution >= 4 is 5.91 Å². The highest BCUT2D eigenvalue weighted by atomic mass is 19.3. The van der Waals surface area contributed by atoms with E-state index in [0.717, 1.165) is 5.69 Å². The minimum absolute atomic E-state index is 0.0135. The van der Waals surface area contributed by atoms with E-state index in [1.807, 2.05) is 44.8 Å². The van der Waals surface area contributed by atoms with Crippen LogP contribution >= 0.6 is 0 Å². The van der Waals surface area contributed by atoms with Gasteiger partial charge in [-0.3, -0.25) is 14.4 Å². The maximum Gasteiger partial charge on any atom is 0.262 e. The van der Waals surface area contributed by atoms with Gasteiger partial charge in [0, 0.05) is 50.9 Å². The van der Waals surface area contributed by atoms with Crippen LogP contribution < -0.4 is 0 Å². The van der Waals surface area contributed by atoms with Gasteiger partial charge < -0.3 is 9.80 Å². The molecule has 8 heteroatoms. The third-order valence-corrected chi connectivity index (χ3v) is 5.33. The molecular weight excluding hydrogens is 328 g/mol. The minimum Gasteiger partial charge on any atom is -0.335 e. The van der Waals surface area contributed by atoms with E-state index in [1.165, 1.54) is 0 Å². The van der Waals surface area contributed by atoms with Crippen molar-refractivity contribution in [2.75, 3.05) is 40.3 Å². The third-order valence-electron chi connectivity index (χ3n) is 5.33. The van der Waals surface area contributed by atoms with Gasteiger partial charge in [0.2, 0.25) is 0 Å². The predicted octanol–water partition coefficient (Wildman–Crippen LogP) is 1.13. The summed E-state index contributed by atoms with van der Waals surface area (Å²) in [5, 5.41) is 4.29. The van der Waals surface area contributed by atoms with Crippen LogP contribution in [0.5, 0.6) is 0 Å². The fourth-order valence-electron chi connectivity index (χ4n) is 4.01. The number of aryl methyl sites for hydroxylation is 2. The normalized spacial score (nSPS) is 24.2. The van der Waals surface area contributed by atoms with Crippen molar-refractivity contribution in [3.8, 4) is 0 Å². The van der Waals surface area contributed by atoms with Gasteiger partial charge in [-0.2, -0.15) is 5.10 Å². The molecule has 6 nitrogen and oxygen atoms in total. The number of hydrogen-bond donors (Lipinski definition) is 0. The van der Waals surface area contributed by atoms with Crippen LogP contribution in [0, 0.1) is 13.8 Å². The lowest BCUT2D eigenvalue weighted by Gasteiger charge is -2.46. The van der Waals surface area contributed by atoms with Gasteiger partial charge in [0.1, 0.15) is 0 Å². The van der Waals surface area contributed by atoms with E-state index in [9.17, 15) is 13.6 Å². The van der Waals surface area contributed by atoms with E-state index >= 15 is 0 Å². The molecule has 140 valence electrons. The van der Waals surface area contributed by atoms with Gasteiger partial charge in [0.15, 0.2) is 0 Å². The van der Waals surface area contributed by atoms with Crippen LogP contribution in [-0.4, -0.2) is 88.7 Å². The first kappa shape index (κ1) is 18.3. The van der Waals surface area contributed by atoms with E-state index in [-0.39, 0.29) is 31.0 Å². The largest absolute Gasteiger partial charge is 0.335 e. The summed E-state index contributed by atoms with van der Waals surface area (Å²) in [6, 6.07) is -0.145. The van der Waals surface area contributed by atoms with Crippen molar-refractivity contribution < 1.29 is 13.6 Å². The Bertz CT molecular complexity index is 666. The van der Waals surface area contributed by atoms with Gasteiger partial charge in [0.25, 0.3) is 11.8 Å². The molecule has 0 radical (unpaired) electrons. The molecule has 0 spiro atoms. The number of likely N-dealkylation sites (tertiary alicyclic amines) is 2. The monoisotopic (exact) mass is 355 g/mol. The number of rotatable bonds is 4. The highest BCUT2D eigenvalue weighted by molar-refractivity contribution is 5.97. The van der Waals surface area contributed by atoms with Crippen LogP contribution in [0.3, 0.4) is 0 Å². The van der Waals surface area contributed by atoms with E-state index in [4.69, 9.17) is 0 Å². The molecule has 0 saturated carbocycles. The van der Waals surface area contributed by atoms with Crippen LogP contribution in [0.2, 0.25) is 0 Å². The first-order chi connectivity index (χ1) is 11.6. The van der Waals surface area contributed by atoms with Gasteiger partial charge in [-0.15, -0.1) is 0 Å². The molecule has 2 aliphatic rings. The molecule has 1 atom stereocenters. The van der Waals surface area contributed by atoms with Gasteiger partial charge in [0.05, 0.1) is 17.8 Å². The number of carbonyl (C=O) groups is 1. The molecule has 0 N–H and O–H groups in total. The van der Waals surface area contributed by atoms with Crippen LogP contribution in [0.4, 0.5) is 8.78 Å². The van der Waals surface area contributed by atoms with Gasteiger partial charge in [-0.05, 0) is 27.9 Å². The molecule has 1 aromatic heterocycles. The van der Waals surface area contributed by atoms with E-state index in [1.54, 1.807) is 9.58 Å². The molecule has 0 aromatic carbocycles. The van der Waals surface area contributed by atoms with Crippen LogP contribution in [0.1, 0.15) is 28.2 Å². The Morgan fingerprint density at radius 1 is 1.32 bits per heavy atom. The first-order valence-electron chi connectivity index (χ1n) is 8.67. The molecular formula is C17H27F2N5O. The smallest absolute Gasteiger partial charge is 0.262 e. The average Bonchev–Trinajstić information content (AvgIpc) is 2.83. The van der Waals surface area contributed by atoms with Gasteiger partial charge in [-0.1, -0.05) is 0 Å². The minimum atomic E-state index is -2.64. The van der Waals surface area contributed by atoms with Crippen molar-refractivity contribution in [1.29, 1.82) is 0 Å². The zero-order chi connectivity index (χ0) is 18.5. The molecule has 3 rings (SSSR count). The summed E-state index contributed by atoms with van der Waals surface area (Å²) in [5.74, 6) is -2.68. The summed E-state index contributed by atoms with van der Waals surface area (Å²) in [5.41, 5.74) is 2.19. The van der Waals surface area contributed by atoms with Crippen LogP contribution in [0.25, 0.3) is 0 Å². The Morgan fingerprint density at radius 3 is 2.48 bits per heavy atom. The third kappa shape index (κ3) is 3.42. The lowest BCUT2D eigenvalue weighted by Crippen LogP contribution is -2.63. The Labute approximate surface area is 147 Å². The number of halogens is 2. The number of hydrogen-bond acceptors (Lipinski definition) is 4. The number of likely N-dealkylation sites (N-methyl/N-ethyl adjacent to an activating group) is 1. The molecule has 1 amide bonds. The molecule has 3 heterocycles. The lowest BCUT2D eigenvalue weighted by atomic mass is 10.0. The fourth-order valence-corrected chi connectivity index (χ4v) is 4.01. The second-order valence-corrected chi connectivity index (χ2v) is 7.68. The van der Waals surface area contributed by atoms with Crippen LogP contribution in [0.15, 0.2) is 0 Å². The topological polar surface area (TPSA) is 44.6 Å². The van der Waals surface area contributed by atoms with Crippen molar-refractivity contribution in [3.63, 3.8) is 0 Å². The van der Waals surface area contributed by atoms with Gasteiger partial charge in [-0.25, -0.2) is 8.78 Å². The Kier molecular flexibility index (Phi) is 4.61. The average molecular weight is 355 g/mol. The van der Waals surface area contributed by atoms with E-state index < -0.39 is 5.92 Å². The number of alkyl halides is 2. The molecule has 0 aliphatic carbocycles. The second-order valence-electron chi connectivity index (χ2n) is 7.68. The number of amides is 1. The molecule has 0 bridgehead atoms. The fraction of sp³-hybridized carbons (Fsp3) is 0.765. The van der Waals surface area contributed by atoms with E-state index in [0.29, 0.717) is 30.9 Å². The zero-order valence-corrected chi connectivity index (χ0v) is 15.6. The van der Waals surface area contributed by atoms with Crippen molar-refractivity contribution in [1.82, 2.24) is 24.5 Å². The SMILES string of the molecule is Cc1nn(C)c(C)c1C(=O)N1CC(N2CC(F)(F)C[C@H]2CN(C)C)C1. The molecule has 0 unspecified atom stereocenters. The van der Waals surface area contributed by atoms with Crippen molar-refractivity contribution in [3.05, 3.63) is 17.0 Å². The highest BCUT2D eigenvalue weighted by Gasteiger charge is 2.50. The maximum absolute atomic E-state index is 13.9. The number of aromatic nitrogens is 2. The molecule has 2 fully saturated rings. The Morgan fingerprint density at radius 2 is 1.96 bits per heavy atom. The highest BCUT2D eigenvalue weighted by Crippen LogP contribution is 2.36. The molecule has 1 aromatic rings. The Hall–Kier alpha value is -1.54. The second kappa shape index (κ2) is 6.32. The maximum atomic E-state index is 13.9. The first-order valence-corrected chi connectivity index (χ1v) is 8.67. The quantitative estimate of drug-likeness (QED) is 0.812. The number of carbonyl (C=O) groups excluding carboxylic acids is 1. The Balaban J connectivity index is 1.66. The summed E-state index contributed by atoms with van der Waals surface area (Å²) < 4.78 is 29.5. The van der Waals surface area contributed by atoms with E-state index in [2.05, 4.69) is 5.10 Å². The van der Waals surface area contributed by atoms with Crippen molar-refractivity contribution in [2.24, 2.45) is 7.05 Å². The summed E-state index contributed by atoms with van der Waals surface area (Å²) in [4.78, 5) is 18.3. The zero-order valence-electron chi connectivity index (χ0n) is 15.6. The van der Waals surface area contributed by atoms with Crippen LogP contribution in [-0.2, 0) is 7.05 Å². The van der Waals surface area contributed by atoms with Gasteiger partial charge >= 0.3 is 0 Å². The summed E-state index contributed by atoms with van der Waals surface area (Å²) in [6.07, 6.45) is -0.101. The summed E-state index contributed by atoms with van der Waals surface area (Å²) in [6.45, 7) is 5.12. The molecule has 25 heavy (non-hydrogen) atoms.